The second-order valence-electron chi connectivity index (χ2n) is 5.09. The Kier molecular flexibility index (Phi) is 6.18. The first-order chi connectivity index (χ1) is 9.45. The smallest absolute Gasteiger partial charge is 0.321 e. The third-order valence-electron chi connectivity index (χ3n) is 3.11. The zero-order valence-corrected chi connectivity index (χ0v) is 12.4. The van der Waals surface area contributed by atoms with Gasteiger partial charge in [-0.1, -0.05) is 44.2 Å². The Morgan fingerprint density at radius 1 is 1.05 bits per heavy atom. The maximum absolute atomic E-state index is 11.9. The standard InChI is InChI=1S/C15H23N3O2/c1-10(2)13(12-8-6-5-7-9-12)17-11(3)14(19)18-15(20)16-4/h5-11,13,17H,1-4H3,(H2,16,18,19,20)/t11-,13-/m1/s1. The van der Waals surface area contributed by atoms with Crippen molar-refractivity contribution in [1.82, 2.24) is 16.0 Å². The van der Waals surface area contributed by atoms with Gasteiger partial charge in [-0.2, -0.15) is 0 Å². The van der Waals surface area contributed by atoms with Crippen LogP contribution in [0.25, 0.3) is 0 Å². The number of hydrogen-bond acceptors (Lipinski definition) is 3. The van der Waals surface area contributed by atoms with Gasteiger partial charge in [-0.15, -0.1) is 0 Å². The van der Waals surface area contributed by atoms with Gasteiger partial charge in [-0.25, -0.2) is 4.79 Å². The van der Waals surface area contributed by atoms with Crippen LogP contribution in [-0.4, -0.2) is 25.0 Å². The summed E-state index contributed by atoms with van der Waals surface area (Å²) in [5.41, 5.74) is 1.13. The normalized spacial score (nSPS) is 13.7. The maximum atomic E-state index is 11.9. The Morgan fingerprint density at radius 3 is 2.15 bits per heavy atom. The van der Waals surface area contributed by atoms with E-state index in [9.17, 15) is 9.59 Å². The Bertz CT molecular complexity index is 446. The molecule has 0 fully saturated rings. The van der Waals surface area contributed by atoms with Gasteiger partial charge in [0.25, 0.3) is 0 Å². The Hall–Kier alpha value is -1.88. The van der Waals surface area contributed by atoms with E-state index in [4.69, 9.17) is 0 Å². The molecule has 0 saturated heterocycles. The first-order valence-electron chi connectivity index (χ1n) is 6.79. The highest BCUT2D eigenvalue weighted by molar-refractivity contribution is 5.96. The highest BCUT2D eigenvalue weighted by Gasteiger charge is 2.22. The molecule has 0 aliphatic carbocycles. The summed E-state index contributed by atoms with van der Waals surface area (Å²) in [4.78, 5) is 23.0. The molecule has 1 aromatic carbocycles. The predicted octanol–water partition coefficient (Wildman–Crippen LogP) is 1.82. The molecule has 1 aromatic rings. The van der Waals surface area contributed by atoms with Gasteiger partial charge in [0.15, 0.2) is 0 Å². The molecule has 0 heterocycles. The number of imide groups is 1. The lowest BCUT2D eigenvalue weighted by Crippen LogP contribution is -2.48. The van der Waals surface area contributed by atoms with Gasteiger partial charge in [-0.05, 0) is 18.4 Å². The molecule has 3 amide bonds. The third-order valence-corrected chi connectivity index (χ3v) is 3.11. The molecular weight excluding hydrogens is 254 g/mol. The van der Waals surface area contributed by atoms with Crippen LogP contribution < -0.4 is 16.0 Å². The van der Waals surface area contributed by atoms with Crippen LogP contribution in [0.1, 0.15) is 32.4 Å². The van der Waals surface area contributed by atoms with Gasteiger partial charge in [0.2, 0.25) is 5.91 Å². The molecule has 1 rings (SSSR count). The second kappa shape index (κ2) is 7.65. The van der Waals surface area contributed by atoms with E-state index in [-0.39, 0.29) is 11.9 Å². The average molecular weight is 277 g/mol. The minimum atomic E-state index is -0.496. The first kappa shape index (κ1) is 16.2. The molecular formula is C15H23N3O2. The number of nitrogens with one attached hydrogen (secondary N) is 3. The molecule has 0 aliphatic rings. The number of amides is 3. The molecule has 3 N–H and O–H groups in total. The van der Waals surface area contributed by atoms with Crippen LogP contribution in [-0.2, 0) is 4.79 Å². The summed E-state index contributed by atoms with van der Waals surface area (Å²) in [5.74, 6) is -0.0152. The van der Waals surface area contributed by atoms with Crippen LogP contribution in [0.2, 0.25) is 0 Å². The quantitative estimate of drug-likeness (QED) is 0.769. The van der Waals surface area contributed by atoms with Gasteiger partial charge in [0.05, 0.1) is 6.04 Å². The third kappa shape index (κ3) is 4.66. The highest BCUT2D eigenvalue weighted by Crippen LogP contribution is 2.21. The molecule has 0 aromatic heterocycles. The van der Waals surface area contributed by atoms with Gasteiger partial charge in [0, 0.05) is 13.1 Å². The van der Waals surface area contributed by atoms with E-state index in [0.29, 0.717) is 5.92 Å². The molecule has 20 heavy (non-hydrogen) atoms. The van der Waals surface area contributed by atoms with Crippen molar-refractivity contribution in [2.24, 2.45) is 5.92 Å². The summed E-state index contributed by atoms with van der Waals surface area (Å²) in [5, 5.41) is 7.90. The van der Waals surface area contributed by atoms with E-state index in [1.165, 1.54) is 7.05 Å². The summed E-state index contributed by atoms with van der Waals surface area (Å²) in [6.45, 7) is 5.93. The van der Waals surface area contributed by atoms with E-state index in [1.54, 1.807) is 6.92 Å². The van der Waals surface area contributed by atoms with Crippen LogP contribution in [0, 0.1) is 5.92 Å². The topological polar surface area (TPSA) is 70.2 Å². The molecule has 0 saturated carbocycles. The molecule has 0 aliphatic heterocycles. The van der Waals surface area contributed by atoms with Crippen LogP contribution in [0.15, 0.2) is 30.3 Å². The number of rotatable bonds is 5. The fourth-order valence-corrected chi connectivity index (χ4v) is 1.96. The van der Waals surface area contributed by atoms with Crippen molar-refractivity contribution in [3.8, 4) is 0 Å². The van der Waals surface area contributed by atoms with E-state index in [1.807, 2.05) is 30.3 Å². The van der Waals surface area contributed by atoms with Crippen molar-refractivity contribution < 1.29 is 9.59 Å². The van der Waals surface area contributed by atoms with Crippen LogP contribution in [0.4, 0.5) is 4.79 Å². The summed E-state index contributed by atoms with van der Waals surface area (Å²) in [6.07, 6.45) is 0. The van der Waals surface area contributed by atoms with Crippen LogP contribution in [0.3, 0.4) is 0 Å². The average Bonchev–Trinajstić information content (AvgIpc) is 2.44. The molecule has 0 spiro atoms. The van der Waals surface area contributed by atoms with Gasteiger partial charge < -0.3 is 5.32 Å². The highest BCUT2D eigenvalue weighted by atomic mass is 16.2. The van der Waals surface area contributed by atoms with Crippen molar-refractivity contribution in [3.63, 3.8) is 0 Å². The Labute approximate surface area is 120 Å². The van der Waals surface area contributed by atoms with Gasteiger partial charge in [0.1, 0.15) is 0 Å². The summed E-state index contributed by atoms with van der Waals surface area (Å²) < 4.78 is 0. The van der Waals surface area contributed by atoms with Crippen LogP contribution >= 0.6 is 0 Å². The fourth-order valence-electron chi connectivity index (χ4n) is 1.96. The number of carbonyl (C=O) groups excluding carboxylic acids is 2. The lowest BCUT2D eigenvalue weighted by Gasteiger charge is -2.26. The van der Waals surface area contributed by atoms with Crippen molar-refractivity contribution in [1.29, 1.82) is 0 Å². The zero-order chi connectivity index (χ0) is 15.1. The van der Waals surface area contributed by atoms with E-state index in [0.717, 1.165) is 5.56 Å². The molecule has 0 bridgehead atoms. The molecule has 110 valence electrons. The number of carbonyl (C=O) groups is 2. The second-order valence-corrected chi connectivity index (χ2v) is 5.09. The van der Waals surface area contributed by atoms with Gasteiger partial charge >= 0.3 is 6.03 Å². The van der Waals surface area contributed by atoms with Crippen molar-refractivity contribution in [3.05, 3.63) is 35.9 Å². The Morgan fingerprint density at radius 2 is 1.65 bits per heavy atom. The SMILES string of the molecule is CNC(=O)NC(=O)[C@@H](C)N[C@@H](c1ccccc1)C(C)C. The molecule has 5 nitrogen and oxygen atoms in total. The summed E-state index contributed by atoms with van der Waals surface area (Å²) in [7, 11) is 1.47. The summed E-state index contributed by atoms with van der Waals surface area (Å²) in [6, 6.07) is 9.07. The van der Waals surface area contributed by atoms with E-state index >= 15 is 0 Å². The van der Waals surface area contributed by atoms with Gasteiger partial charge in [-0.3, -0.25) is 15.4 Å². The molecule has 0 radical (unpaired) electrons. The number of hydrogen-bond donors (Lipinski definition) is 3. The van der Waals surface area contributed by atoms with Crippen molar-refractivity contribution in [2.75, 3.05) is 7.05 Å². The predicted molar refractivity (Wildman–Crippen MR) is 79.2 cm³/mol. The van der Waals surface area contributed by atoms with Crippen LogP contribution in [0.5, 0.6) is 0 Å². The maximum Gasteiger partial charge on any atom is 0.321 e. The molecule has 2 atom stereocenters. The fraction of sp³-hybridized carbons (Fsp3) is 0.467. The Balaban J connectivity index is 2.71. The summed E-state index contributed by atoms with van der Waals surface area (Å²) >= 11 is 0. The minimum Gasteiger partial charge on any atom is -0.341 e. The minimum absolute atomic E-state index is 0.0571. The molecule has 5 heteroatoms. The monoisotopic (exact) mass is 277 g/mol. The number of benzene rings is 1. The van der Waals surface area contributed by atoms with E-state index < -0.39 is 12.1 Å². The number of urea groups is 1. The van der Waals surface area contributed by atoms with Crippen molar-refractivity contribution >= 4 is 11.9 Å². The largest absolute Gasteiger partial charge is 0.341 e. The van der Waals surface area contributed by atoms with Crippen molar-refractivity contribution in [2.45, 2.75) is 32.9 Å². The lowest BCUT2D eigenvalue weighted by molar-refractivity contribution is -0.121. The lowest BCUT2D eigenvalue weighted by atomic mass is 9.95. The van der Waals surface area contributed by atoms with E-state index in [2.05, 4.69) is 29.8 Å². The first-order valence-corrected chi connectivity index (χ1v) is 6.79. The zero-order valence-electron chi connectivity index (χ0n) is 12.4. The molecule has 0 unspecified atom stereocenters.